The Balaban J connectivity index is 2.15. The van der Waals surface area contributed by atoms with Crippen LogP contribution in [0.15, 0.2) is 42.6 Å². The third-order valence-electron chi connectivity index (χ3n) is 4.28. The molecule has 0 radical (unpaired) electrons. The number of carbonyl (C=O) groups is 1. The van der Waals surface area contributed by atoms with Gasteiger partial charge in [0.05, 0.1) is 12.1 Å². The van der Waals surface area contributed by atoms with Crippen LogP contribution >= 0.6 is 0 Å². The molecule has 1 N–H and O–H groups in total. The van der Waals surface area contributed by atoms with E-state index in [0.29, 0.717) is 31.7 Å². The zero-order valence-corrected chi connectivity index (χ0v) is 15.7. The van der Waals surface area contributed by atoms with Crippen molar-refractivity contribution in [2.75, 3.05) is 13.1 Å². The van der Waals surface area contributed by atoms with E-state index in [1.165, 1.54) is 12.1 Å². The van der Waals surface area contributed by atoms with E-state index in [-0.39, 0.29) is 6.03 Å². The third kappa shape index (κ3) is 6.05. The molecule has 0 fully saturated rings. The van der Waals surface area contributed by atoms with Crippen molar-refractivity contribution in [3.63, 3.8) is 0 Å². The number of urea groups is 1. The summed E-state index contributed by atoms with van der Waals surface area (Å²) >= 11 is 0. The van der Waals surface area contributed by atoms with E-state index < -0.39 is 11.7 Å². The lowest BCUT2D eigenvalue weighted by atomic mass is 10.1. The van der Waals surface area contributed by atoms with Crippen molar-refractivity contribution in [3.05, 3.63) is 59.4 Å². The number of alkyl halides is 3. The van der Waals surface area contributed by atoms with Crippen LogP contribution in [0.1, 0.15) is 43.5 Å². The SMILES string of the molecule is CCCCN(Cc1cccn1Cc1cccc(C(F)(F)F)c1)C(=O)NCC. The summed E-state index contributed by atoms with van der Waals surface area (Å²) in [6.45, 7) is 5.85. The molecule has 7 heteroatoms. The molecule has 2 aromatic rings. The van der Waals surface area contributed by atoms with Crippen molar-refractivity contribution in [1.82, 2.24) is 14.8 Å². The number of benzene rings is 1. The minimum absolute atomic E-state index is 0.127. The maximum absolute atomic E-state index is 12.9. The van der Waals surface area contributed by atoms with Gasteiger partial charge in [-0.25, -0.2) is 4.79 Å². The van der Waals surface area contributed by atoms with E-state index in [0.717, 1.165) is 24.6 Å². The molecule has 0 unspecified atom stereocenters. The van der Waals surface area contributed by atoms with Crippen LogP contribution in [0.3, 0.4) is 0 Å². The van der Waals surface area contributed by atoms with Gasteiger partial charge in [-0.3, -0.25) is 0 Å². The summed E-state index contributed by atoms with van der Waals surface area (Å²) < 4.78 is 40.6. The van der Waals surface area contributed by atoms with Gasteiger partial charge < -0.3 is 14.8 Å². The van der Waals surface area contributed by atoms with Crippen molar-refractivity contribution in [2.45, 2.75) is 46.0 Å². The number of halogens is 3. The van der Waals surface area contributed by atoms with Crippen LogP contribution in [-0.4, -0.2) is 28.6 Å². The molecular weight excluding hydrogens is 355 g/mol. The van der Waals surface area contributed by atoms with Gasteiger partial charge in [-0.1, -0.05) is 25.5 Å². The zero-order valence-electron chi connectivity index (χ0n) is 15.7. The molecule has 0 saturated carbocycles. The monoisotopic (exact) mass is 381 g/mol. The Hall–Kier alpha value is -2.44. The Labute approximate surface area is 158 Å². The van der Waals surface area contributed by atoms with Gasteiger partial charge in [-0.05, 0) is 43.2 Å². The average Bonchev–Trinajstić information content (AvgIpc) is 3.05. The number of nitrogens with zero attached hydrogens (tertiary/aromatic N) is 2. The van der Waals surface area contributed by atoms with Gasteiger partial charge in [0.25, 0.3) is 0 Å². The number of aromatic nitrogens is 1. The van der Waals surface area contributed by atoms with E-state index in [2.05, 4.69) is 12.2 Å². The maximum Gasteiger partial charge on any atom is 0.416 e. The van der Waals surface area contributed by atoms with Gasteiger partial charge in [0.2, 0.25) is 0 Å². The third-order valence-corrected chi connectivity index (χ3v) is 4.28. The van der Waals surface area contributed by atoms with Crippen LogP contribution < -0.4 is 5.32 Å². The average molecular weight is 381 g/mol. The molecule has 2 amide bonds. The maximum atomic E-state index is 12.9. The normalized spacial score (nSPS) is 11.4. The Morgan fingerprint density at radius 1 is 1.19 bits per heavy atom. The molecule has 0 aliphatic rings. The van der Waals surface area contributed by atoms with Gasteiger partial charge in [0.1, 0.15) is 0 Å². The van der Waals surface area contributed by atoms with Crippen molar-refractivity contribution >= 4 is 6.03 Å². The quantitative estimate of drug-likeness (QED) is 0.695. The highest BCUT2D eigenvalue weighted by Gasteiger charge is 2.30. The summed E-state index contributed by atoms with van der Waals surface area (Å²) in [6, 6.07) is 8.95. The van der Waals surface area contributed by atoms with E-state index in [1.807, 2.05) is 29.8 Å². The second-order valence-electron chi connectivity index (χ2n) is 6.44. The largest absolute Gasteiger partial charge is 0.416 e. The first-order chi connectivity index (χ1) is 12.8. The molecule has 1 aromatic heterocycles. The Morgan fingerprint density at radius 2 is 1.96 bits per heavy atom. The smallest absolute Gasteiger partial charge is 0.345 e. The number of unbranched alkanes of at least 4 members (excludes halogenated alkanes) is 1. The fourth-order valence-corrected chi connectivity index (χ4v) is 2.85. The molecule has 1 aromatic carbocycles. The topological polar surface area (TPSA) is 37.3 Å². The fraction of sp³-hybridized carbons (Fsp3) is 0.450. The molecule has 148 valence electrons. The number of hydrogen-bond acceptors (Lipinski definition) is 1. The van der Waals surface area contributed by atoms with Gasteiger partial charge in [-0.15, -0.1) is 0 Å². The summed E-state index contributed by atoms with van der Waals surface area (Å²) in [5.41, 5.74) is 0.802. The zero-order chi connectivity index (χ0) is 19.9. The first-order valence-corrected chi connectivity index (χ1v) is 9.18. The minimum Gasteiger partial charge on any atom is -0.345 e. The lowest BCUT2D eigenvalue weighted by molar-refractivity contribution is -0.137. The molecule has 4 nitrogen and oxygen atoms in total. The summed E-state index contributed by atoms with van der Waals surface area (Å²) in [7, 11) is 0. The molecule has 27 heavy (non-hydrogen) atoms. The second kappa shape index (κ2) is 9.48. The highest BCUT2D eigenvalue weighted by atomic mass is 19.4. The summed E-state index contributed by atoms with van der Waals surface area (Å²) in [4.78, 5) is 14.0. The number of rotatable bonds is 8. The lowest BCUT2D eigenvalue weighted by Gasteiger charge is -2.23. The van der Waals surface area contributed by atoms with Crippen LogP contribution in [0.5, 0.6) is 0 Å². The predicted molar refractivity (Wildman–Crippen MR) is 99.4 cm³/mol. The van der Waals surface area contributed by atoms with Gasteiger partial charge in [0.15, 0.2) is 0 Å². The van der Waals surface area contributed by atoms with Gasteiger partial charge in [0, 0.05) is 31.5 Å². The summed E-state index contributed by atoms with van der Waals surface area (Å²) in [6.07, 6.45) is -0.664. The van der Waals surface area contributed by atoms with Crippen LogP contribution in [0, 0.1) is 0 Å². The van der Waals surface area contributed by atoms with E-state index >= 15 is 0 Å². The van der Waals surface area contributed by atoms with E-state index in [4.69, 9.17) is 0 Å². The summed E-state index contributed by atoms with van der Waals surface area (Å²) in [5.74, 6) is 0. The molecule has 2 rings (SSSR count). The van der Waals surface area contributed by atoms with Crippen molar-refractivity contribution < 1.29 is 18.0 Å². The highest BCUT2D eigenvalue weighted by Crippen LogP contribution is 2.29. The van der Waals surface area contributed by atoms with Crippen molar-refractivity contribution in [3.8, 4) is 0 Å². The van der Waals surface area contributed by atoms with E-state index in [1.54, 1.807) is 11.0 Å². The molecule has 1 heterocycles. The Morgan fingerprint density at radius 3 is 2.63 bits per heavy atom. The van der Waals surface area contributed by atoms with E-state index in [9.17, 15) is 18.0 Å². The minimum atomic E-state index is -4.36. The van der Waals surface area contributed by atoms with Crippen molar-refractivity contribution in [1.29, 1.82) is 0 Å². The number of carbonyl (C=O) groups excluding carboxylic acids is 1. The fourth-order valence-electron chi connectivity index (χ4n) is 2.85. The molecule has 0 aliphatic heterocycles. The molecule has 0 atom stereocenters. The number of hydrogen-bond donors (Lipinski definition) is 1. The Kier molecular flexibility index (Phi) is 7.33. The molecule has 0 aliphatic carbocycles. The highest BCUT2D eigenvalue weighted by molar-refractivity contribution is 5.74. The lowest BCUT2D eigenvalue weighted by Crippen LogP contribution is -2.40. The Bertz CT molecular complexity index is 740. The van der Waals surface area contributed by atoms with Crippen LogP contribution in [-0.2, 0) is 19.3 Å². The van der Waals surface area contributed by atoms with Crippen LogP contribution in [0.2, 0.25) is 0 Å². The second-order valence-corrected chi connectivity index (χ2v) is 6.44. The standard InChI is InChI=1S/C20H26F3N3O/c1-3-5-11-26(19(27)24-4-2)15-18-10-7-12-25(18)14-16-8-6-9-17(13-16)20(21,22)23/h6-10,12-13H,3-5,11,14-15H2,1-2H3,(H,24,27). The van der Waals surface area contributed by atoms with Gasteiger partial charge >= 0.3 is 12.2 Å². The predicted octanol–water partition coefficient (Wildman–Crippen LogP) is 4.89. The number of amides is 2. The van der Waals surface area contributed by atoms with Gasteiger partial charge in [-0.2, -0.15) is 13.2 Å². The van der Waals surface area contributed by atoms with Crippen molar-refractivity contribution in [2.24, 2.45) is 0 Å². The number of nitrogens with one attached hydrogen (secondary N) is 1. The molecule has 0 saturated heterocycles. The van der Waals surface area contributed by atoms with Crippen LogP contribution in [0.4, 0.5) is 18.0 Å². The first-order valence-electron chi connectivity index (χ1n) is 9.18. The summed E-state index contributed by atoms with van der Waals surface area (Å²) in [5, 5.41) is 2.81. The van der Waals surface area contributed by atoms with Crippen LogP contribution in [0.25, 0.3) is 0 Å². The molecule has 0 bridgehead atoms. The molecular formula is C20H26F3N3O. The molecule has 0 spiro atoms. The first kappa shape index (κ1) is 20.9.